The molecule has 1 heterocycles. The maximum atomic E-state index is 5.91. The van der Waals surface area contributed by atoms with Crippen LogP contribution in [0.2, 0.25) is 0 Å². The SMILES string of the molecule is CN(C)C1(C(NN)c2cnn(C)c2)CCCCCC1. The van der Waals surface area contributed by atoms with Gasteiger partial charge in [-0.1, -0.05) is 25.7 Å². The molecule has 0 amide bonds. The molecule has 0 saturated heterocycles. The van der Waals surface area contributed by atoms with Gasteiger partial charge in [-0.15, -0.1) is 0 Å². The minimum Gasteiger partial charge on any atom is -0.302 e. The van der Waals surface area contributed by atoms with Crippen LogP contribution in [0.25, 0.3) is 0 Å². The van der Waals surface area contributed by atoms with Gasteiger partial charge in [0.05, 0.1) is 12.2 Å². The second kappa shape index (κ2) is 6.03. The molecule has 1 unspecified atom stereocenters. The number of aryl methyl sites for hydroxylation is 1. The Bertz CT molecular complexity index is 390. The first-order valence-corrected chi connectivity index (χ1v) is 7.22. The lowest BCUT2D eigenvalue weighted by Gasteiger charge is -2.45. The van der Waals surface area contributed by atoms with Crippen molar-refractivity contribution in [2.45, 2.75) is 50.1 Å². The summed E-state index contributed by atoms with van der Waals surface area (Å²) < 4.78 is 1.85. The molecule has 1 saturated carbocycles. The molecule has 5 nitrogen and oxygen atoms in total. The number of nitrogens with one attached hydrogen (secondary N) is 1. The molecule has 0 aliphatic heterocycles. The first-order valence-electron chi connectivity index (χ1n) is 7.22. The molecule has 2 rings (SSSR count). The van der Waals surface area contributed by atoms with E-state index < -0.39 is 0 Å². The quantitative estimate of drug-likeness (QED) is 0.493. The van der Waals surface area contributed by atoms with Crippen molar-refractivity contribution in [1.29, 1.82) is 0 Å². The van der Waals surface area contributed by atoms with Crippen LogP contribution in [0.4, 0.5) is 0 Å². The van der Waals surface area contributed by atoms with Crippen LogP contribution in [0, 0.1) is 0 Å². The molecule has 1 atom stereocenters. The Balaban J connectivity index is 2.34. The van der Waals surface area contributed by atoms with Crippen LogP contribution in [-0.4, -0.2) is 34.3 Å². The predicted octanol–water partition coefficient (Wildman–Crippen LogP) is 1.58. The van der Waals surface area contributed by atoms with Crippen molar-refractivity contribution in [3.63, 3.8) is 0 Å². The summed E-state index contributed by atoms with van der Waals surface area (Å²) in [7, 11) is 6.30. The van der Waals surface area contributed by atoms with Crippen LogP contribution in [0.5, 0.6) is 0 Å². The fraction of sp³-hybridized carbons (Fsp3) is 0.786. The number of nitrogens with zero attached hydrogens (tertiary/aromatic N) is 3. The predicted molar refractivity (Wildman–Crippen MR) is 77.4 cm³/mol. The van der Waals surface area contributed by atoms with Crippen LogP contribution < -0.4 is 11.3 Å². The molecule has 1 fully saturated rings. The van der Waals surface area contributed by atoms with E-state index in [2.05, 4.69) is 35.7 Å². The molecular formula is C14H27N5. The van der Waals surface area contributed by atoms with Crippen molar-refractivity contribution in [2.75, 3.05) is 14.1 Å². The summed E-state index contributed by atoms with van der Waals surface area (Å²) in [6.07, 6.45) is 11.6. The number of hydrogen-bond donors (Lipinski definition) is 2. The molecule has 19 heavy (non-hydrogen) atoms. The Kier molecular flexibility index (Phi) is 4.60. The number of aromatic nitrogens is 2. The van der Waals surface area contributed by atoms with Gasteiger partial charge in [0.15, 0.2) is 0 Å². The highest BCUT2D eigenvalue weighted by Crippen LogP contribution is 2.40. The van der Waals surface area contributed by atoms with Gasteiger partial charge in [-0.25, -0.2) is 0 Å². The van der Waals surface area contributed by atoms with E-state index in [4.69, 9.17) is 5.84 Å². The van der Waals surface area contributed by atoms with Gasteiger partial charge in [0.1, 0.15) is 0 Å². The van der Waals surface area contributed by atoms with E-state index in [-0.39, 0.29) is 11.6 Å². The van der Waals surface area contributed by atoms with Crippen LogP contribution in [0.1, 0.15) is 50.1 Å². The van der Waals surface area contributed by atoms with Gasteiger partial charge in [0, 0.05) is 24.3 Å². The molecular weight excluding hydrogens is 238 g/mol. The molecule has 1 aliphatic carbocycles. The summed E-state index contributed by atoms with van der Waals surface area (Å²) in [5.41, 5.74) is 4.33. The van der Waals surface area contributed by atoms with Crippen LogP contribution in [-0.2, 0) is 7.05 Å². The van der Waals surface area contributed by atoms with Gasteiger partial charge in [-0.2, -0.15) is 5.10 Å². The highest BCUT2D eigenvalue weighted by Gasteiger charge is 2.41. The zero-order valence-electron chi connectivity index (χ0n) is 12.4. The van der Waals surface area contributed by atoms with Crippen molar-refractivity contribution in [3.8, 4) is 0 Å². The largest absolute Gasteiger partial charge is 0.302 e. The van der Waals surface area contributed by atoms with Gasteiger partial charge >= 0.3 is 0 Å². The molecule has 5 heteroatoms. The molecule has 0 bridgehead atoms. The summed E-state index contributed by atoms with van der Waals surface area (Å²) in [6.45, 7) is 0. The third-order valence-electron chi connectivity index (χ3n) is 4.62. The molecule has 0 spiro atoms. The fourth-order valence-corrected chi connectivity index (χ4v) is 3.49. The standard InChI is InChI=1S/C14H27N5/c1-18(2)14(8-6-4-5-7-9-14)13(17-15)12-10-16-19(3)11-12/h10-11,13,17H,4-9,15H2,1-3H3. The maximum absolute atomic E-state index is 5.91. The van der Waals surface area contributed by atoms with E-state index in [0.29, 0.717) is 0 Å². The highest BCUT2D eigenvalue weighted by molar-refractivity contribution is 5.18. The molecule has 0 radical (unpaired) electrons. The smallest absolute Gasteiger partial charge is 0.0674 e. The minimum absolute atomic E-state index is 0.0916. The molecule has 108 valence electrons. The first kappa shape index (κ1) is 14.5. The maximum Gasteiger partial charge on any atom is 0.0674 e. The van der Waals surface area contributed by atoms with Crippen molar-refractivity contribution in [2.24, 2.45) is 12.9 Å². The van der Waals surface area contributed by atoms with E-state index in [1.165, 1.54) is 44.1 Å². The Morgan fingerprint density at radius 2 is 1.95 bits per heavy atom. The lowest BCUT2D eigenvalue weighted by molar-refractivity contribution is 0.0800. The van der Waals surface area contributed by atoms with E-state index in [1.807, 2.05) is 17.9 Å². The van der Waals surface area contributed by atoms with E-state index in [0.717, 1.165) is 0 Å². The molecule has 1 aliphatic rings. The van der Waals surface area contributed by atoms with Crippen molar-refractivity contribution >= 4 is 0 Å². The molecule has 3 N–H and O–H groups in total. The van der Waals surface area contributed by atoms with E-state index >= 15 is 0 Å². The number of likely N-dealkylation sites (N-methyl/N-ethyl adjacent to an activating group) is 1. The summed E-state index contributed by atoms with van der Waals surface area (Å²) in [5.74, 6) is 5.91. The van der Waals surface area contributed by atoms with E-state index in [9.17, 15) is 0 Å². The highest BCUT2D eigenvalue weighted by atomic mass is 15.3. The zero-order chi connectivity index (χ0) is 13.9. The Morgan fingerprint density at radius 3 is 2.37 bits per heavy atom. The van der Waals surface area contributed by atoms with Gasteiger partial charge < -0.3 is 4.90 Å². The third kappa shape index (κ3) is 2.83. The summed E-state index contributed by atoms with van der Waals surface area (Å²) in [6, 6.07) is 0.134. The normalized spacial score (nSPS) is 21.3. The Morgan fingerprint density at radius 1 is 1.32 bits per heavy atom. The molecule has 1 aromatic rings. The third-order valence-corrected chi connectivity index (χ3v) is 4.62. The molecule has 0 aromatic carbocycles. The monoisotopic (exact) mass is 265 g/mol. The van der Waals surface area contributed by atoms with Gasteiger partial charge in [-0.3, -0.25) is 16.0 Å². The molecule has 1 aromatic heterocycles. The average molecular weight is 265 g/mol. The Labute approximate surface area is 116 Å². The lowest BCUT2D eigenvalue weighted by Crippen LogP contribution is -2.55. The Hall–Kier alpha value is -0.910. The van der Waals surface area contributed by atoms with E-state index in [1.54, 1.807) is 0 Å². The number of hydrogen-bond acceptors (Lipinski definition) is 4. The summed E-state index contributed by atoms with van der Waals surface area (Å²) in [5, 5.41) is 4.30. The van der Waals surface area contributed by atoms with Crippen LogP contribution in [0.15, 0.2) is 12.4 Å². The minimum atomic E-state index is 0.0916. The van der Waals surface area contributed by atoms with Gasteiger partial charge in [-0.05, 0) is 26.9 Å². The number of nitrogens with two attached hydrogens (primary N) is 1. The second-order valence-corrected chi connectivity index (χ2v) is 5.96. The summed E-state index contributed by atoms with van der Waals surface area (Å²) >= 11 is 0. The zero-order valence-corrected chi connectivity index (χ0v) is 12.4. The van der Waals surface area contributed by atoms with Crippen molar-refractivity contribution < 1.29 is 0 Å². The number of rotatable bonds is 4. The second-order valence-electron chi connectivity index (χ2n) is 5.96. The topological polar surface area (TPSA) is 59.1 Å². The van der Waals surface area contributed by atoms with Crippen molar-refractivity contribution in [3.05, 3.63) is 18.0 Å². The van der Waals surface area contributed by atoms with Gasteiger partial charge in [0.2, 0.25) is 0 Å². The van der Waals surface area contributed by atoms with Crippen LogP contribution in [0.3, 0.4) is 0 Å². The first-order chi connectivity index (χ1) is 9.10. The number of hydrazine groups is 1. The lowest BCUT2D eigenvalue weighted by atomic mass is 9.79. The summed E-state index contributed by atoms with van der Waals surface area (Å²) in [4.78, 5) is 2.36. The average Bonchev–Trinajstić information content (AvgIpc) is 2.66. The van der Waals surface area contributed by atoms with Gasteiger partial charge in [0.25, 0.3) is 0 Å². The van der Waals surface area contributed by atoms with Crippen molar-refractivity contribution in [1.82, 2.24) is 20.1 Å². The fourth-order valence-electron chi connectivity index (χ4n) is 3.49. The van der Waals surface area contributed by atoms with Crippen LogP contribution >= 0.6 is 0 Å².